The molecule has 0 saturated heterocycles. The third kappa shape index (κ3) is 4.50. The van der Waals surface area contributed by atoms with Gasteiger partial charge in [-0.3, -0.25) is 24.3 Å². The number of nitrogens with one attached hydrogen (secondary N) is 1. The van der Waals surface area contributed by atoms with Gasteiger partial charge in [-0.15, -0.1) is 0 Å². The molecule has 0 aliphatic carbocycles. The molecule has 10 heteroatoms. The Kier molecular flexibility index (Phi) is 6.26. The Hall–Kier alpha value is -3.56. The fourth-order valence-corrected chi connectivity index (χ4v) is 5.32. The zero-order valence-corrected chi connectivity index (χ0v) is 18.7. The SMILES string of the molecule is O=C(CN1C(=O)c2ccccc2C1=O)NCC(c1cccnc1)S(=O)(=O)c1ccc(Cl)cc1. The highest BCUT2D eigenvalue weighted by Gasteiger charge is 2.36. The number of aromatic nitrogens is 1. The van der Waals surface area contributed by atoms with E-state index in [2.05, 4.69) is 10.3 Å². The van der Waals surface area contributed by atoms with Crippen LogP contribution in [0.15, 0.2) is 78.0 Å². The maximum Gasteiger partial charge on any atom is 0.262 e. The lowest BCUT2D eigenvalue weighted by Crippen LogP contribution is -2.42. The van der Waals surface area contributed by atoms with Crippen LogP contribution in [0.25, 0.3) is 0 Å². The maximum atomic E-state index is 13.3. The molecule has 0 spiro atoms. The van der Waals surface area contributed by atoms with E-state index in [1.54, 1.807) is 24.3 Å². The van der Waals surface area contributed by atoms with Gasteiger partial charge in [0.1, 0.15) is 11.8 Å². The van der Waals surface area contributed by atoms with E-state index in [1.807, 2.05) is 0 Å². The highest BCUT2D eigenvalue weighted by atomic mass is 35.5. The van der Waals surface area contributed by atoms with Crippen molar-refractivity contribution in [1.29, 1.82) is 0 Å². The average molecular weight is 484 g/mol. The van der Waals surface area contributed by atoms with E-state index in [0.29, 0.717) is 10.6 Å². The van der Waals surface area contributed by atoms with Crippen LogP contribution in [0.3, 0.4) is 0 Å². The molecule has 0 fully saturated rings. The summed E-state index contributed by atoms with van der Waals surface area (Å²) in [6.45, 7) is -0.800. The van der Waals surface area contributed by atoms with Crippen LogP contribution in [0.2, 0.25) is 5.02 Å². The second-order valence-electron chi connectivity index (χ2n) is 7.32. The molecule has 1 aliphatic rings. The topological polar surface area (TPSA) is 114 Å². The minimum atomic E-state index is -3.92. The molecular formula is C23H18ClN3O5S. The molecule has 0 radical (unpaired) electrons. The summed E-state index contributed by atoms with van der Waals surface area (Å²) in [6.07, 6.45) is 2.92. The van der Waals surface area contributed by atoms with Gasteiger partial charge in [0, 0.05) is 24.0 Å². The van der Waals surface area contributed by atoms with Gasteiger partial charge in [-0.1, -0.05) is 29.8 Å². The minimum absolute atomic E-state index is 0.0374. The molecule has 8 nitrogen and oxygen atoms in total. The molecule has 0 bridgehead atoms. The molecule has 33 heavy (non-hydrogen) atoms. The third-order valence-electron chi connectivity index (χ3n) is 5.24. The minimum Gasteiger partial charge on any atom is -0.353 e. The van der Waals surface area contributed by atoms with Gasteiger partial charge in [-0.2, -0.15) is 0 Å². The first-order chi connectivity index (χ1) is 15.8. The Labute approximate surface area is 195 Å². The summed E-state index contributed by atoms with van der Waals surface area (Å²) in [5.41, 5.74) is 0.844. The van der Waals surface area contributed by atoms with Gasteiger partial charge in [0.15, 0.2) is 9.84 Å². The normalized spacial score (nSPS) is 14.2. The van der Waals surface area contributed by atoms with Crippen molar-refractivity contribution in [2.45, 2.75) is 10.1 Å². The number of carbonyl (C=O) groups excluding carboxylic acids is 3. The van der Waals surface area contributed by atoms with E-state index in [4.69, 9.17) is 11.6 Å². The fraction of sp³-hybridized carbons (Fsp3) is 0.130. The molecule has 3 amide bonds. The number of imide groups is 1. The van der Waals surface area contributed by atoms with Crippen LogP contribution in [0.1, 0.15) is 31.5 Å². The number of rotatable bonds is 7. The lowest BCUT2D eigenvalue weighted by molar-refractivity contribution is -0.121. The van der Waals surface area contributed by atoms with Crippen LogP contribution < -0.4 is 5.32 Å². The summed E-state index contributed by atoms with van der Waals surface area (Å²) in [5.74, 6) is -1.80. The van der Waals surface area contributed by atoms with Gasteiger partial charge in [0.25, 0.3) is 11.8 Å². The van der Waals surface area contributed by atoms with Crippen LogP contribution in [0, 0.1) is 0 Å². The zero-order chi connectivity index (χ0) is 23.6. The first-order valence-corrected chi connectivity index (χ1v) is 11.8. The molecule has 1 aliphatic heterocycles. The summed E-state index contributed by atoms with van der Waals surface area (Å²) >= 11 is 5.88. The molecule has 168 valence electrons. The van der Waals surface area contributed by atoms with Crippen LogP contribution >= 0.6 is 11.6 Å². The smallest absolute Gasteiger partial charge is 0.262 e. The largest absolute Gasteiger partial charge is 0.353 e. The van der Waals surface area contributed by atoms with Crippen molar-refractivity contribution >= 4 is 39.2 Å². The molecule has 1 aromatic heterocycles. The van der Waals surface area contributed by atoms with Crippen molar-refractivity contribution in [3.8, 4) is 0 Å². The molecule has 3 aromatic rings. The van der Waals surface area contributed by atoms with Crippen molar-refractivity contribution in [1.82, 2.24) is 15.2 Å². The quantitative estimate of drug-likeness (QED) is 0.517. The summed E-state index contributed by atoms with van der Waals surface area (Å²) in [5, 5.41) is 1.79. The van der Waals surface area contributed by atoms with Crippen molar-refractivity contribution in [3.05, 3.63) is 94.8 Å². The van der Waals surface area contributed by atoms with Crippen molar-refractivity contribution in [2.24, 2.45) is 0 Å². The number of amides is 3. The lowest BCUT2D eigenvalue weighted by Gasteiger charge is -2.20. The van der Waals surface area contributed by atoms with E-state index in [0.717, 1.165) is 4.90 Å². The summed E-state index contributed by atoms with van der Waals surface area (Å²) in [4.78, 5) is 42.4. The zero-order valence-electron chi connectivity index (χ0n) is 17.1. The van der Waals surface area contributed by atoms with Gasteiger partial charge < -0.3 is 5.32 Å². The van der Waals surface area contributed by atoms with Gasteiger partial charge in [0.2, 0.25) is 5.91 Å². The summed E-state index contributed by atoms with van der Waals surface area (Å²) < 4.78 is 26.6. The number of hydrogen-bond donors (Lipinski definition) is 1. The van der Waals surface area contributed by atoms with Crippen molar-refractivity contribution < 1.29 is 22.8 Å². The predicted molar refractivity (Wildman–Crippen MR) is 120 cm³/mol. The van der Waals surface area contributed by atoms with Crippen LogP contribution in [-0.2, 0) is 14.6 Å². The molecular weight excluding hydrogens is 466 g/mol. The lowest BCUT2D eigenvalue weighted by atomic mass is 10.1. The van der Waals surface area contributed by atoms with Crippen molar-refractivity contribution in [2.75, 3.05) is 13.1 Å². The number of benzene rings is 2. The number of nitrogens with zero attached hydrogens (tertiary/aromatic N) is 2. The van der Waals surface area contributed by atoms with E-state index in [1.165, 1.54) is 48.8 Å². The summed E-state index contributed by atoms with van der Waals surface area (Å²) in [7, 11) is -3.92. The van der Waals surface area contributed by atoms with Gasteiger partial charge in [-0.25, -0.2) is 8.42 Å². The maximum absolute atomic E-state index is 13.3. The number of fused-ring (bicyclic) bond motifs is 1. The van der Waals surface area contributed by atoms with Crippen LogP contribution in [-0.4, -0.2) is 49.1 Å². The highest BCUT2D eigenvalue weighted by Crippen LogP contribution is 2.29. The Morgan fingerprint density at radius 3 is 2.18 bits per heavy atom. The van der Waals surface area contributed by atoms with E-state index in [9.17, 15) is 22.8 Å². The average Bonchev–Trinajstić information content (AvgIpc) is 3.05. The fourth-order valence-electron chi connectivity index (χ4n) is 3.55. The van der Waals surface area contributed by atoms with Gasteiger partial charge in [0.05, 0.1) is 16.0 Å². The van der Waals surface area contributed by atoms with E-state index in [-0.39, 0.29) is 22.6 Å². The Morgan fingerprint density at radius 1 is 0.970 bits per heavy atom. The van der Waals surface area contributed by atoms with Gasteiger partial charge in [-0.05, 0) is 48.0 Å². The number of pyridine rings is 1. The van der Waals surface area contributed by atoms with E-state index < -0.39 is 39.4 Å². The number of carbonyl (C=O) groups is 3. The molecule has 1 N–H and O–H groups in total. The monoisotopic (exact) mass is 483 g/mol. The first kappa shape index (κ1) is 22.6. The molecule has 0 saturated carbocycles. The third-order valence-corrected chi connectivity index (χ3v) is 7.61. The second kappa shape index (κ2) is 9.13. The standard InChI is InChI=1S/C23H18ClN3O5S/c24-16-7-9-17(10-8-16)33(31,32)20(15-4-3-11-25-12-15)13-26-21(28)14-27-22(29)18-5-1-2-6-19(18)23(27)30/h1-12,20H,13-14H2,(H,26,28). The number of halogens is 1. The highest BCUT2D eigenvalue weighted by molar-refractivity contribution is 7.91. The molecule has 4 rings (SSSR count). The van der Waals surface area contributed by atoms with Gasteiger partial charge >= 0.3 is 0 Å². The molecule has 2 heterocycles. The molecule has 2 aromatic carbocycles. The Morgan fingerprint density at radius 2 is 1.61 bits per heavy atom. The summed E-state index contributed by atoms with van der Waals surface area (Å²) in [6, 6.07) is 15.2. The van der Waals surface area contributed by atoms with Crippen molar-refractivity contribution in [3.63, 3.8) is 0 Å². The number of hydrogen-bond acceptors (Lipinski definition) is 6. The molecule has 1 atom stereocenters. The first-order valence-electron chi connectivity index (χ1n) is 9.90. The second-order valence-corrected chi connectivity index (χ2v) is 9.89. The van der Waals surface area contributed by atoms with E-state index >= 15 is 0 Å². The Balaban J connectivity index is 1.52. The predicted octanol–water partition coefficient (Wildman–Crippen LogP) is 2.66. The molecule has 1 unspecified atom stereocenters. The van der Waals surface area contributed by atoms with Crippen LogP contribution in [0.5, 0.6) is 0 Å². The Bertz CT molecular complexity index is 1290. The number of sulfone groups is 1. The van der Waals surface area contributed by atoms with Crippen LogP contribution in [0.4, 0.5) is 0 Å².